The number of phosphoric ester groups is 1. The van der Waals surface area contributed by atoms with Gasteiger partial charge in [0.15, 0.2) is 0 Å². The molecule has 5 N–H and O–H groups in total. The van der Waals surface area contributed by atoms with Crippen LogP contribution in [0.2, 0.25) is 0 Å². The van der Waals surface area contributed by atoms with Gasteiger partial charge in [0.2, 0.25) is 19.9 Å². The van der Waals surface area contributed by atoms with Crippen molar-refractivity contribution in [3.63, 3.8) is 0 Å². The predicted molar refractivity (Wildman–Crippen MR) is 134 cm³/mol. The van der Waals surface area contributed by atoms with Crippen LogP contribution in [-0.4, -0.2) is 72.1 Å². The van der Waals surface area contributed by atoms with E-state index >= 15 is 4.39 Å². The van der Waals surface area contributed by atoms with Crippen molar-refractivity contribution in [2.24, 2.45) is 16.6 Å². The number of nitrogen functional groups attached to an aromatic ring is 1. The molecule has 39 heavy (non-hydrogen) atoms. The van der Waals surface area contributed by atoms with Crippen molar-refractivity contribution < 1.29 is 51.4 Å². The first-order chi connectivity index (χ1) is 17.8. The number of nitrogens with two attached hydrogens (primary N) is 2. The fraction of sp³-hybridized carbons (Fsp3) is 0.727. The molecule has 224 valence electrons. The van der Waals surface area contributed by atoms with E-state index in [1.54, 1.807) is 41.5 Å². The molecule has 0 aromatic carbocycles. The lowest BCUT2D eigenvalue weighted by molar-refractivity contribution is -0.169. The summed E-state index contributed by atoms with van der Waals surface area (Å²) in [5.74, 6) is -1.59. The van der Waals surface area contributed by atoms with E-state index in [1.165, 1.54) is 0 Å². The number of methoxy groups -OCH3 is 1. The first-order valence-corrected chi connectivity index (χ1v) is 13.1. The Morgan fingerprint density at radius 1 is 1.08 bits per heavy atom. The third kappa shape index (κ3) is 9.90. The number of nitrogens with zero attached hydrogens (tertiary/aromatic N) is 2. The summed E-state index contributed by atoms with van der Waals surface area (Å²) in [5.41, 5.74) is 6.08. The molecule has 0 bridgehead atoms. The highest BCUT2D eigenvalue weighted by Crippen LogP contribution is 2.50. The maximum atomic E-state index is 15.2. The van der Waals surface area contributed by atoms with Crippen LogP contribution in [0.4, 0.5) is 10.2 Å². The molecule has 0 aliphatic rings. The van der Waals surface area contributed by atoms with E-state index in [9.17, 15) is 24.1 Å². The van der Waals surface area contributed by atoms with Crippen LogP contribution in [0.3, 0.4) is 0 Å². The zero-order valence-corrected chi connectivity index (χ0v) is 23.9. The summed E-state index contributed by atoms with van der Waals surface area (Å²) in [4.78, 5) is 39.5. The summed E-state index contributed by atoms with van der Waals surface area (Å²) in [6, 6.07) is 1.13. The number of hydrogen-bond acceptors (Lipinski definition) is 14. The molecule has 0 aliphatic heterocycles. The zero-order chi connectivity index (χ0) is 30.2. The number of aliphatic hydroxyl groups is 1. The van der Waals surface area contributed by atoms with Crippen molar-refractivity contribution in [2.75, 3.05) is 39.6 Å². The van der Waals surface area contributed by atoms with Gasteiger partial charge in [-0.3, -0.25) is 18.7 Å². The first kappa shape index (κ1) is 34.6. The van der Waals surface area contributed by atoms with Gasteiger partial charge >= 0.3 is 25.5 Å². The molecule has 1 aromatic heterocycles. The number of carbonyl (C=O) groups is 2. The van der Waals surface area contributed by atoms with Crippen LogP contribution < -0.4 is 17.2 Å². The van der Waals surface area contributed by atoms with Crippen molar-refractivity contribution in [3.05, 3.63) is 22.7 Å². The lowest BCUT2D eigenvalue weighted by Gasteiger charge is -2.37. The Balaban J connectivity index is 3.14. The number of ether oxygens (including phenoxy) is 3. The van der Waals surface area contributed by atoms with Crippen molar-refractivity contribution in [1.82, 2.24) is 9.55 Å². The van der Waals surface area contributed by atoms with Crippen LogP contribution in [0.15, 0.2) is 17.1 Å². The molecule has 0 fully saturated rings. The Hall–Kier alpha value is -2.46. The van der Waals surface area contributed by atoms with Gasteiger partial charge in [-0.25, -0.2) is 22.8 Å². The fourth-order valence-corrected chi connectivity index (χ4v) is 3.53. The quantitative estimate of drug-likeness (QED) is 0.159. The molecule has 0 radical (unpaired) electrons. The third-order valence-corrected chi connectivity index (χ3v) is 6.45. The van der Waals surface area contributed by atoms with E-state index in [0.717, 1.165) is 19.4 Å². The second-order valence-electron chi connectivity index (χ2n) is 10.4. The average molecular weight is 585 g/mol. The smallest absolute Gasteiger partial charge is 0.437 e. The van der Waals surface area contributed by atoms with Gasteiger partial charge in [-0.05, 0) is 47.6 Å². The van der Waals surface area contributed by atoms with Crippen molar-refractivity contribution in [1.29, 1.82) is 0 Å². The highest BCUT2D eigenvalue weighted by atomic mass is 31.2. The van der Waals surface area contributed by atoms with Gasteiger partial charge in [0.05, 0.1) is 17.4 Å². The maximum Gasteiger partial charge on any atom is 0.480 e. The Kier molecular flexibility index (Phi) is 12.2. The number of aliphatic hydroxyl groups excluding tert-OH is 1. The number of aromatic nitrogens is 2. The van der Waals surface area contributed by atoms with Gasteiger partial charge in [0.1, 0.15) is 17.5 Å². The highest BCUT2D eigenvalue weighted by Gasteiger charge is 2.46. The summed E-state index contributed by atoms with van der Waals surface area (Å²) in [7, 11) is -3.68. The van der Waals surface area contributed by atoms with E-state index in [4.69, 9.17) is 39.2 Å². The number of carbonyl (C=O) groups excluding carboxylic acids is 2. The Labute approximate surface area is 225 Å². The van der Waals surface area contributed by atoms with Crippen molar-refractivity contribution in [2.45, 2.75) is 59.5 Å². The number of hydrogen-bond donors (Lipinski definition) is 3. The Morgan fingerprint density at radius 3 is 1.95 bits per heavy atom. The molecule has 0 amide bonds. The number of anilines is 1. The molecule has 0 aliphatic carbocycles. The number of halogens is 1. The molecule has 15 nitrogen and oxygen atoms in total. The van der Waals surface area contributed by atoms with Crippen LogP contribution >= 0.6 is 7.82 Å². The van der Waals surface area contributed by atoms with E-state index in [2.05, 4.69) is 4.98 Å². The molecular weight excluding hydrogens is 546 g/mol. The van der Waals surface area contributed by atoms with Gasteiger partial charge in [0.25, 0.3) is 0 Å². The average Bonchev–Trinajstić information content (AvgIpc) is 2.83. The monoisotopic (exact) mass is 584 g/mol. The van der Waals surface area contributed by atoms with Gasteiger partial charge in [0, 0.05) is 19.9 Å². The number of alkyl halides is 1. The summed E-state index contributed by atoms with van der Waals surface area (Å²) >= 11 is 0. The van der Waals surface area contributed by atoms with Crippen LogP contribution in [0.25, 0.3) is 0 Å². The minimum Gasteiger partial charge on any atom is -0.437 e. The van der Waals surface area contributed by atoms with Gasteiger partial charge in [-0.15, -0.1) is 0 Å². The largest absolute Gasteiger partial charge is 0.480 e. The summed E-state index contributed by atoms with van der Waals surface area (Å²) in [6.07, 6.45) is -3.68. The highest BCUT2D eigenvalue weighted by molar-refractivity contribution is 7.48. The topological polar surface area (TPSA) is 214 Å². The summed E-state index contributed by atoms with van der Waals surface area (Å²) < 4.78 is 59.3. The number of rotatable bonds is 14. The van der Waals surface area contributed by atoms with E-state index in [1.807, 2.05) is 0 Å². The Morgan fingerprint density at radius 2 is 1.56 bits per heavy atom. The van der Waals surface area contributed by atoms with E-state index in [0.29, 0.717) is 4.57 Å². The SMILES string of the molecule is CO[C@](CN)(COP(=O)(OCOC(=O)C(C)(C)C)OCOC(=O)C(C)(C)C)[C@@H](O)[C@@H](F)n1ccc(N)nc1=O. The van der Waals surface area contributed by atoms with Crippen LogP contribution in [-0.2, 0) is 41.9 Å². The number of phosphoric acid groups is 1. The molecule has 1 rings (SSSR count). The van der Waals surface area contributed by atoms with E-state index in [-0.39, 0.29) is 5.82 Å². The molecular formula is C22H38FN4O11P. The summed E-state index contributed by atoms with van der Waals surface area (Å²) in [5, 5.41) is 10.8. The molecule has 0 unspecified atom stereocenters. The molecule has 0 saturated carbocycles. The van der Waals surface area contributed by atoms with Crippen molar-refractivity contribution in [3.8, 4) is 0 Å². The molecule has 0 spiro atoms. The van der Waals surface area contributed by atoms with Gasteiger partial charge < -0.3 is 30.8 Å². The van der Waals surface area contributed by atoms with Crippen LogP contribution in [0.1, 0.15) is 47.8 Å². The molecule has 1 heterocycles. The molecule has 3 atom stereocenters. The Bertz CT molecular complexity index is 1050. The lowest BCUT2D eigenvalue weighted by atomic mass is 9.96. The van der Waals surface area contributed by atoms with Gasteiger partial charge in [-0.2, -0.15) is 4.98 Å². The van der Waals surface area contributed by atoms with Crippen LogP contribution in [0, 0.1) is 10.8 Å². The summed E-state index contributed by atoms with van der Waals surface area (Å²) in [6.45, 7) is 6.08. The fourth-order valence-electron chi connectivity index (χ4n) is 2.57. The minimum atomic E-state index is -4.74. The standard InChI is InChI=1S/C22H38FN4O11P/c1-20(2,3)17(29)34-12-37-39(32,38-13-35-18(30)21(4,5)6)36-11-22(10-24,33-7)15(28)16(23)27-9-8-14(25)26-19(27)31/h8-9,15-16,28H,10-13,24H2,1-7H3,(H2,25,26,31)/t15-,16-,22+/m0/s1. The molecule has 17 heteroatoms. The zero-order valence-electron chi connectivity index (χ0n) is 23.0. The third-order valence-electron chi connectivity index (χ3n) is 5.16. The normalized spacial score (nSPS) is 15.7. The van der Waals surface area contributed by atoms with Crippen LogP contribution in [0.5, 0.6) is 0 Å². The minimum absolute atomic E-state index is 0.173. The predicted octanol–water partition coefficient (Wildman–Crippen LogP) is 1.25. The maximum absolute atomic E-state index is 15.2. The second kappa shape index (κ2) is 13.7. The second-order valence-corrected chi connectivity index (χ2v) is 12.1. The van der Waals surface area contributed by atoms with Crippen molar-refractivity contribution >= 4 is 25.6 Å². The first-order valence-electron chi connectivity index (χ1n) is 11.6. The lowest BCUT2D eigenvalue weighted by Crippen LogP contribution is -2.56. The van der Waals surface area contributed by atoms with E-state index < -0.39 is 81.0 Å². The number of esters is 2. The molecule has 0 saturated heterocycles. The molecule has 1 aromatic rings. The van der Waals surface area contributed by atoms with Gasteiger partial charge in [-0.1, -0.05) is 0 Å².